The maximum atomic E-state index is 11.7. The number of hydrogen-bond acceptors (Lipinski definition) is 4. The summed E-state index contributed by atoms with van der Waals surface area (Å²) in [6, 6.07) is 7.96. The summed E-state index contributed by atoms with van der Waals surface area (Å²) in [5, 5.41) is 0. The third-order valence-corrected chi connectivity index (χ3v) is 5.18. The summed E-state index contributed by atoms with van der Waals surface area (Å²) in [5.74, 6) is 1.51. The first-order valence-electron chi connectivity index (χ1n) is 10.6. The van der Waals surface area contributed by atoms with Gasteiger partial charge in [-0.15, -0.1) is 0 Å². The van der Waals surface area contributed by atoms with Gasteiger partial charge in [0.15, 0.2) is 0 Å². The number of rotatable bonds is 14. The molecule has 0 spiro atoms. The number of hydrogen-bond donors (Lipinski definition) is 0. The van der Waals surface area contributed by atoms with Crippen LogP contribution in [0.3, 0.4) is 0 Å². The van der Waals surface area contributed by atoms with Crippen LogP contribution in [-0.2, 0) is 20.9 Å². The molecule has 4 atom stereocenters. The van der Waals surface area contributed by atoms with Crippen molar-refractivity contribution in [2.75, 3.05) is 13.7 Å². The number of ether oxygens (including phenoxy) is 3. The molecule has 1 aromatic rings. The monoisotopic (exact) mass is 402 g/mol. The van der Waals surface area contributed by atoms with E-state index in [1.165, 1.54) is 6.08 Å². The molecule has 0 aromatic heterocycles. The van der Waals surface area contributed by atoms with Gasteiger partial charge in [0.2, 0.25) is 0 Å². The van der Waals surface area contributed by atoms with Crippen LogP contribution in [0.15, 0.2) is 49.1 Å². The fourth-order valence-corrected chi connectivity index (χ4v) is 3.67. The molecule has 162 valence electrons. The first-order chi connectivity index (χ1) is 13.9. The second-order valence-corrected chi connectivity index (χ2v) is 7.85. The summed E-state index contributed by atoms with van der Waals surface area (Å²) >= 11 is 0. The van der Waals surface area contributed by atoms with E-state index in [4.69, 9.17) is 14.2 Å². The molecule has 4 nitrogen and oxygen atoms in total. The van der Waals surface area contributed by atoms with Crippen LogP contribution in [-0.4, -0.2) is 25.8 Å². The van der Waals surface area contributed by atoms with Gasteiger partial charge in [-0.1, -0.05) is 51.6 Å². The highest BCUT2D eigenvalue weighted by atomic mass is 16.5. The van der Waals surface area contributed by atoms with Gasteiger partial charge in [0.25, 0.3) is 0 Å². The predicted molar refractivity (Wildman–Crippen MR) is 119 cm³/mol. The molecule has 0 saturated carbocycles. The van der Waals surface area contributed by atoms with E-state index in [9.17, 15) is 4.79 Å². The smallest absolute Gasteiger partial charge is 0.330 e. The van der Waals surface area contributed by atoms with Gasteiger partial charge in [0.05, 0.1) is 13.7 Å². The Morgan fingerprint density at radius 1 is 1.17 bits per heavy atom. The van der Waals surface area contributed by atoms with Gasteiger partial charge in [0, 0.05) is 18.6 Å². The second kappa shape index (κ2) is 14.0. The SMILES string of the molecule is C=CC(=O)O[C@@H]([C@@H](C)/C=C/C)[C@@H](C)C[C@@H](C)CCCOCc1ccc(OC)cc1. The van der Waals surface area contributed by atoms with Crippen LogP contribution in [0.25, 0.3) is 0 Å². The van der Waals surface area contributed by atoms with Crippen LogP contribution >= 0.6 is 0 Å². The Labute approximate surface area is 176 Å². The van der Waals surface area contributed by atoms with Crippen LogP contribution in [0.4, 0.5) is 0 Å². The molecule has 29 heavy (non-hydrogen) atoms. The number of benzene rings is 1. The molecule has 0 aliphatic heterocycles. The largest absolute Gasteiger partial charge is 0.497 e. The Hall–Kier alpha value is -2.07. The van der Waals surface area contributed by atoms with Gasteiger partial charge < -0.3 is 14.2 Å². The molecule has 0 heterocycles. The summed E-state index contributed by atoms with van der Waals surface area (Å²) in [5.41, 5.74) is 1.15. The Morgan fingerprint density at radius 3 is 2.45 bits per heavy atom. The lowest BCUT2D eigenvalue weighted by molar-refractivity contribution is -0.147. The quantitative estimate of drug-likeness (QED) is 0.167. The van der Waals surface area contributed by atoms with Crippen molar-refractivity contribution in [1.29, 1.82) is 0 Å². The van der Waals surface area contributed by atoms with Gasteiger partial charge in [-0.3, -0.25) is 0 Å². The molecular weight excluding hydrogens is 364 g/mol. The molecular formula is C25H38O4. The molecule has 1 rings (SSSR count). The fourth-order valence-electron chi connectivity index (χ4n) is 3.67. The maximum absolute atomic E-state index is 11.7. The normalized spacial score (nSPS) is 15.5. The minimum atomic E-state index is -0.349. The van der Waals surface area contributed by atoms with E-state index >= 15 is 0 Å². The molecule has 0 saturated heterocycles. The molecule has 0 bridgehead atoms. The first kappa shape index (κ1) is 25.0. The molecule has 0 amide bonds. The molecule has 0 fully saturated rings. The number of methoxy groups -OCH3 is 1. The first-order valence-corrected chi connectivity index (χ1v) is 10.6. The van der Waals surface area contributed by atoms with E-state index in [-0.39, 0.29) is 23.9 Å². The second-order valence-electron chi connectivity index (χ2n) is 7.85. The van der Waals surface area contributed by atoms with Crippen LogP contribution in [0, 0.1) is 17.8 Å². The maximum Gasteiger partial charge on any atom is 0.330 e. The summed E-state index contributed by atoms with van der Waals surface area (Å²) in [4.78, 5) is 11.7. The summed E-state index contributed by atoms with van der Waals surface area (Å²) in [7, 11) is 1.67. The lowest BCUT2D eigenvalue weighted by atomic mass is 9.85. The minimum absolute atomic E-state index is 0.134. The van der Waals surface area contributed by atoms with Gasteiger partial charge in [-0.2, -0.15) is 0 Å². The summed E-state index contributed by atoms with van der Waals surface area (Å²) in [6.45, 7) is 13.4. The Bertz CT molecular complexity index is 620. The van der Waals surface area contributed by atoms with Crippen molar-refractivity contribution in [3.8, 4) is 5.75 Å². The highest BCUT2D eigenvalue weighted by Gasteiger charge is 2.26. The van der Waals surface area contributed by atoms with Crippen molar-refractivity contribution >= 4 is 5.97 Å². The topological polar surface area (TPSA) is 44.8 Å². The molecule has 4 heteroatoms. The number of esters is 1. The molecule has 0 unspecified atom stereocenters. The molecule has 1 aromatic carbocycles. The van der Waals surface area contributed by atoms with Crippen LogP contribution in [0.2, 0.25) is 0 Å². The minimum Gasteiger partial charge on any atom is -0.497 e. The van der Waals surface area contributed by atoms with Gasteiger partial charge in [-0.25, -0.2) is 4.79 Å². The van der Waals surface area contributed by atoms with Crippen molar-refractivity contribution in [1.82, 2.24) is 0 Å². The predicted octanol–water partition coefficient (Wildman–Crippen LogP) is 5.96. The van der Waals surface area contributed by atoms with E-state index < -0.39 is 0 Å². The van der Waals surface area contributed by atoms with Crippen molar-refractivity contribution in [2.45, 2.75) is 59.7 Å². The fraction of sp³-hybridized carbons (Fsp3) is 0.560. The average molecular weight is 403 g/mol. The average Bonchev–Trinajstić information content (AvgIpc) is 2.71. The zero-order chi connectivity index (χ0) is 21.6. The molecule has 0 aliphatic rings. The highest BCUT2D eigenvalue weighted by molar-refractivity contribution is 5.81. The number of carbonyl (C=O) groups is 1. The standard InChI is InChI=1S/C25H38O4/c1-7-10-20(4)25(29-24(26)8-2)21(5)17-19(3)11-9-16-28-18-22-12-14-23(27-6)15-13-22/h7-8,10,12-15,19-21,25H,2,9,11,16-18H2,1,3-6H3/b10-7+/t19-,20-,21-,25-/m0/s1. The van der Waals surface area contributed by atoms with E-state index in [0.717, 1.165) is 37.2 Å². The zero-order valence-corrected chi connectivity index (χ0v) is 18.7. The zero-order valence-electron chi connectivity index (χ0n) is 18.7. The van der Waals surface area contributed by atoms with Gasteiger partial charge >= 0.3 is 5.97 Å². The number of carbonyl (C=O) groups excluding carboxylic acids is 1. The van der Waals surface area contributed by atoms with E-state index in [1.807, 2.05) is 37.3 Å². The summed E-state index contributed by atoms with van der Waals surface area (Å²) < 4.78 is 16.6. The van der Waals surface area contributed by atoms with E-state index in [2.05, 4.69) is 33.4 Å². The van der Waals surface area contributed by atoms with Gasteiger partial charge in [0.1, 0.15) is 11.9 Å². The third kappa shape index (κ3) is 9.80. The Balaban J connectivity index is 2.37. The van der Waals surface area contributed by atoms with Crippen LogP contribution < -0.4 is 4.74 Å². The molecule has 0 N–H and O–H groups in total. The third-order valence-electron chi connectivity index (χ3n) is 5.18. The van der Waals surface area contributed by atoms with Crippen LogP contribution in [0.1, 0.15) is 52.5 Å². The van der Waals surface area contributed by atoms with E-state index in [0.29, 0.717) is 12.5 Å². The summed E-state index contributed by atoms with van der Waals surface area (Å²) in [6.07, 6.45) is 8.33. The van der Waals surface area contributed by atoms with Crippen molar-refractivity contribution in [3.63, 3.8) is 0 Å². The van der Waals surface area contributed by atoms with Crippen molar-refractivity contribution < 1.29 is 19.0 Å². The van der Waals surface area contributed by atoms with Crippen molar-refractivity contribution in [3.05, 3.63) is 54.6 Å². The van der Waals surface area contributed by atoms with Crippen molar-refractivity contribution in [2.24, 2.45) is 17.8 Å². The molecule has 0 radical (unpaired) electrons. The Morgan fingerprint density at radius 2 is 1.86 bits per heavy atom. The number of allylic oxidation sites excluding steroid dienone is 1. The highest BCUT2D eigenvalue weighted by Crippen LogP contribution is 2.26. The molecule has 0 aliphatic carbocycles. The van der Waals surface area contributed by atoms with Gasteiger partial charge in [-0.05, 0) is 55.7 Å². The van der Waals surface area contributed by atoms with Crippen LogP contribution in [0.5, 0.6) is 5.75 Å². The van der Waals surface area contributed by atoms with E-state index in [1.54, 1.807) is 7.11 Å². The lowest BCUT2D eigenvalue weighted by Crippen LogP contribution is -2.31. The lowest BCUT2D eigenvalue weighted by Gasteiger charge is -2.29. The Kier molecular flexibility index (Phi) is 12.1.